The van der Waals surface area contributed by atoms with Crippen LogP contribution in [0.5, 0.6) is 5.75 Å². The van der Waals surface area contributed by atoms with E-state index in [9.17, 15) is 4.39 Å². The fourth-order valence-electron chi connectivity index (χ4n) is 2.77. The predicted molar refractivity (Wildman–Crippen MR) is 97.7 cm³/mol. The van der Waals surface area contributed by atoms with Crippen molar-refractivity contribution in [2.75, 3.05) is 20.3 Å². The maximum absolute atomic E-state index is 13.0. The van der Waals surface area contributed by atoms with Gasteiger partial charge in [0.2, 0.25) is 0 Å². The summed E-state index contributed by atoms with van der Waals surface area (Å²) in [4.78, 5) is 2.16. The number of hydrogen-bond acceptors (Lipinski definition) is 4. The summed E-state index contributed by atoms with van der Waals surface area (Å²) in [5.74, 6) is 0.526. The van der Waals surface area contributed by atoms with Crippen molar-refractivity contribution in [3.05, 3.63) is 77.9 Å². The molecule has 2 aromatic carbocycles. The number of aliphatic hydroxyl groups excluding tert-OH is 1. The minimum Gasteiger partial charge on any atom is -0.491 e. The van der Waals surface area contributed by atoms with E-state index in [-0.39, 0.29) is 19.0 Å². The molecule has 0 aliphatic rings. The third kappa shape index (κ3) is 4.68. The van der Waals surface area contributed by atoms with E-state index in [0.717, 1.165) is 29.1 Å². The van der Waals surface area contributed by atoms with E-state index in [1.807, 2.05) is 43.7 Å². The van der Waals surface area contributed by atoms with Crippen LogP contribution >= 0.6 is 0 Å². The highest BCUT2D eigenvalue weighted by Gasteiger charge is 2.09. The molecule has 0 aliphatic heterocycles. The zero-order valence-corrected chi connectivity index (χ0v) is 14.7. The molecular weight excluding hydrogens is 333 g/mol. The lowest BCUT2D eigenvalue weighted by atomic mass is 10.2. The number of aliphatic hydroxyl groups is 1. The van der Waals surface area contributed by atoms with Gasteiger partial charge in [-0.15, -0.1) is 0 Å². The van der Waals surface area contributed by atoms with Crippen LogP contribution in [-0.2, 0) is 13.1 Å². The number of aromatic nitrogens is 2. The molecular formula is C20H22FN3O2. The summed E-state index contributed by atoms with van der Waals surface area (Å²) in [5.41, 5.74) is 2.95. The lowest BCUT2D eigenvalue weighted by molar-refractivity contribution is 0.198. The number of para-hydroxylation sites is 1. The first-order valence-corrected chi connectivity index (χ1v) is 8.45. The number of ether oxygens (including phenoxy) is 1. The SMILES string of the molecule is CN(Cc1cnn(-c2ccc(F)cc2)c1)Cc1ccccc1OCCO. The maximum atomic E-state index is 13.0. The molecule has 3 aromatic rings. The Morgan fingerprint density at radius 3 is 2.65 bits per heavy atom. The van der Waals surface area contributed by atoms with Gasteiger partial charge in [0.15, 0.2) is 0 Å². The second-order valence-electron chi connectivity index (χ2n) is 6.12. The highest BCUT2D eigenvalue weighted by Crippen LogP contribution is 2.20. The van der Waals surface area contributed by atoms with Crippen molar-refractivity contribution in [3.8, 4) is 11.4 Å². The molecule has 26 heavy (non-hydrogen) atoms. The smallest absolute Gasteiger partial charge is 0.123 e. The van der Waals surface area contributed by atoms with Crippen LogP contribution in [0, 0.1) is 5.82 Å². The molecule has 0 aliphatic carbocycles. The number of benzene rings is 2. The molecule has 136 valence electrons. The molecule has 0 unspecified atom stereocenters. The van der Waals surface area contributed by atoms with E-state index in [2.05, 4.69) is 10.00 Å². The van der Waals surface area contributed by atoms with Gasteiger partial charge in [-0.3, -0.25) is 4.90 Å². The molecule has 5 nitrogen and oxygen atoms in total. The zero-order valence-electron chi connectivity index (χ0n) is 14.7. The van der Waals surface area contributed by atoms with Crippen molar-refractivity contribution >= 4 is 0 Å². The van der Waals surface area contributed by atoms with Gasteiger partial charge in [-0.1, -0.05) is 18.2 Å². The van der Waals surface area contributed by atoms with Crippen LogP contribution in [0.2, 0.25) is 0 Å². The summed E-state index contributed by atoms with van der Waals surface area (Å²) in [5, 5.41) is 13.3. The van der Waals surface area contributed by atoms with E-state index in [1.54, 1.807) is 16.8 Å². The van der Waals surface area contributed by atoms with E-state index >= 15 is 0 Å². The molecule has 0 amide bonds. The van der Waals surface area contributed by atoms with Crippen LogP contribution in [0.1, 0.15) is 11.1 Å². The molecule has 0 radical (unpaired) electrons. The fourth-order valence-corrected chi connectivity index (χ4v) is 2.77. The van der Waals surface area contributed by atoms with Gasteiger partial charge in [-0.25, -0.2) is 9.07 Å². The molecule has 0 saturated carbocycles. The highest BCUT2D eigenvalue weighted by atomic mass is 19.1. The van der Waals surface area contributed by atoms with Gasteiger partial charge in [0.1, 0.15) is 18.2 Å². The first-order chi connectivity index (χ1) is 12.7. The van der Waals surface area contributed by atoms with Crippen LogP contribution in [-0.4, -0.2) is 40.0 Å². The van der Waals surface area contributed by atoms with Gasteiger partial charge >= 0.3 is 0 Å². The third-order valence-electron chi connectivity index (χ3n) is 3.94. The molecule has 0 fully saturated rings. The zero-order chi connectivity index (χ0) is 18.4. The van der Waals surface area contributed by atoms with Crippen LogP contribution in [0.3, 0.4) is 0 Å². The van der Waals surface area contributed by atoms with E-state index < -0.39 is 0 Å². The Morgan fingerprint density at radius 2 is 1.88 bits per heavy atom. The molecule has 6 heteroatoms. The summed E-state index contributed by atoms with van der Waals surface area (Å²) in [7, 11) is 2.03. The second-order valence-corrected chi connectivity index (χ2v) is 6.12. The highest BCUT2D eigenvalue weighted by molar-refractivity contribution is 5.33. The third-order valence-corrected chi connectivity index (χ3v) is 3.94. The predicted octanol–water partition coefficient (Wildman–Crippen LogP) is 3.01. The summed E-state index contributed by atoms with van der Waals surface area (Å²) in [6.07, 6.45) is 3.76. The monoisotopic (exact) mass is 355 g/mol. The summed E-state index contributed by atoms with van der Waals surface area (Å²) < 4.78 is 20.4. The van der Waals surface area contributed by atoms with E-state index in [4.69, 9.17) is 9.84 Å². The molecule has 1 aromatic heterocycles. The normalized spacial score (nSPS) is 11.1. The van der Waals surface area contributed by atoms with Crippen molar-refractivity contribution in [3.63, 3.8) is 0 Å². The van der Waals surface area contributed by atoms with Crippen molar-refractivity contribution in [1.29, 1.82) is 0 Å². The van der Waals surface area contributed by atoms with Crippen molar-refractivity contribution < 1.29 is 14.2 Å². The average molecular weight is 355 g/mol. The van der Waals surface area contributed by atoms with Crippen LogP contribution in [0.4, 0.5) is 4.39 Å². The van der Waals surface area contributed by atoms with Crippen molar-refractivity contribution in [2.45, 2.75) is 13.1 Å². The largest absolute Gasteiger partial charge is 0.491 e. The van der Waals surface area contributed by atoms with Crippen LogP contribution in [0.25, 0.3) is 5.69 Å². The Balaban J connectivity index is 1.64. The molecule has 1 heterocycles. The number of hydrogen-bond donors (Lipinski definition) is 1. The quantitative estimate of drug-likeness (QED) is 0.675. The lowest BCUT2D eigenvalue weighted by Gasteiger charge is -2.18. The van der Waals surface area contributed by atoms with Gasteiger partial charge in [-0.05, 0) is 37.4 Å². The molecule has 0 saturated heterocycles. The fraction of sp³-hybridized carbons (Fsp3) is 0.250. The minimum absolute atomic E-state index is 0.00720. The Morgan fingerprint density at radius 1 is 1.12 bits per heavy atom. The topological polar surface area (TPSA) is 50.5 Å². The average Bonchev–Trinajstić information content (AvgIpc) is 3.10. The minimum atomic E-state index is -0.261. The molecule has 0 atom stereocenters. The van der Waals surface area contributed by atoms with Gasteiger partial charge in [0.25, 0.3) is 0 Å². The summed E-state index contributed by atoms with van der Waals surface area (Å²) in [6, 6.07) is 14.1. The van der Waals surface area contributed by atoms with Gasteiger partial charge in [0.05, 0.1) is 18.5 Å². The second kappa shape index (κ2) is 8.60. The number of nitrogens with zero attached hydrogens (tertiary/aromatic N) is 3. The number of rotatable bonds is 8. The Labute approximate surface area is 152 Å². The van der Waals surface area contributed by atoms with Gasteiger partial charge in [-0.2, -0.15) is 5.10 Å². The van der Waals surface area contributed by atoms with E-state index in [0.29, 0.717) is 6.54 Å². The molecule has 1 N–H and O–H groups in total. The van der Waals surface area contributed by atoms with Gasteiger partial charge < -0.3 is 9.84 Å². The summed E-state index contributed by atoms with van der Waals surface area (Å²) >= 11 is 0. The van der Waals surface area contributed by atoms with Crippen LogP contribution in [0.15, 0.2) is 60.9 Å². The van der Waals surface area contributed by atoms with Crippen molar-refractivity contribution in [1.82, 2.24) is 14.7 Å². The molecule has 0 bridgehead atoms. The Hall–Kier alpha value is -2.70. The first-order valence-electron chi connectivity index (χ1n) is 8.45. The first kappa shape index (κ1) is 18.1. The molecule has 3 rings (SSSR count). The standard InChI is InChI=1S/C20H22FN3O2/c1-23(15-17-4-2-3-5-20(17)26-11-10-25)13-16-12-22-24(14-16)19-8-6-18(21)7-9-19/h2-9,12,14,25H,10-11,13,15H2,1H3. The van der Waals surface area contributed by atoms with Crippen LogP contribution < -0.4 is 4.74 Å². The summed E-state index contributed by atoms with van der Waals surface area (Å²) in [6.45, 7) is 1.71. The maximum Gasteiger partial charge on any atom is 0.123 e. The Kier molecular flexibility index (Phi) is 5.99. The lowest BCUT2D eigenvalue weighted by Crippen LogP contribution is -2.18. The van der Waals surface area contributed by atoms with Crippen molar-refractivity contribution in [2.24, 2.45) is 0 Å². The molecule has 0 spiro atoms. The van der Waals surface area contributed by atoms with E-state index in [1.165, 1.54) is 12.1 Å². The van der Waals surface area contributed by atoms with Gasteiger partial charge in [0, 0.05) is 30.4 Å². The Bertz CT molecular complexity index is 833. The number of halogens is 1.